The van der Waals surface area contributed by atoms with E-state index < -0.39 is 10.6 Å². The number of nitroso groups, excluding NO2 is 1. The Balaban J connectivity index is 5.21. The second-order valence-corrected chi connectivity index (χ2v) is 3.80. The smallest absolute Gasteiger partial charge is 0.262 e. The SMILES string of the molecule is CCC(CC)C(N=O)(C(C)C)[N+](=O)[O-]. The predicted molar refractivity (Wildman–Crippen MR) is 54.4 cm³/mol. The average Bonchev–Trinajstić information content (AvgIpc) is 2.12. The molecule has 0 aromatic carbocycles. The summed E-state index contributed by atoms with van der Waals surface area (Å²) in [5.74, 6) is -0.658. The van der Waals surface area contributed by atoms with E-state index >= 15 is 0 Å². The van der Waals surface area contributed by atoms with Crippen molar-refractivity contribution in [2.45, 2.75) is 46.2 Å². The van der Waals surface area contributed by atoms with Gasteiger partial charge in [-0.3, -0.25) is 10.1 Å². The third kappa shape index (κ3) is 1.91. The van der Waals surface area contributed by atoms with Gasteiger partial charge in [-0.2, -0.15) is 0 Å². The molecular weight excluding hydrogens is 184 g/mol. The predicted octanol–water partition coefficient (Wildman–Crippen LogP) is 2.82. The number of hydrogen-bond acceptors (Lipinski definition) is 4. The van der Waals surface area contributed by atoms with Crippen LogP contribution in [0.5, 0.6) is 0 Å². The summed E-state index contributed by atoms with van der Waals surface area (Å²) in [6, 6.07) is 0. The summed E-state index contributed by atoms with van der Waals surface area (Å²) < 4.78 is 0. The molecule has 0 aliphatic rings. The zero-order chi connectivity index (χ0) is 11.4. The zero-order valence-corrected chi connectivity index (χ0v) is 9.19. The van der Waals surface area contributed by atoms with Gasteiger partial charge in [0, 0.05) is 11.1 Å². The molecule has 1 unspecified atom stereocenters. The van der Waals surface area contributed by atoms with Crippen LogP contribution in [-0.4, -0.2) is 10.6 Å². The first-order chi connectivity index (χ1) is 6.47. The molecular formula is C9H18N2O3. The Morgan fingerprint density at radius 1 is 1.36 bits per heavy atom. The van der Waals surface area contributed by atoms with E-state index in [2.05, 4.69) is 5.18 Å². The molecule has 5 heteroatoms. The van der Waals surface area contributed by atoms with Crippen molar-refractivity contribution in [1.29, 1.82) is 0 Å². The lowest BCUT2D eigenvalue weighted by Gasteiger charge is -2.28. The molecule has 0 aliphatic heterocycles. The van der Waals surface area contributed by atoms with E-state index in [4.69, 9.17) is 0 Å². The molecule has 0 rings (SSSR count). The molecule has 0 radical (unpaired) electrons. The van der Waals surface area contributed by atoms with E-state index in [-0.39, 0.29) is 11.8 Å². The minimum Gasteiger partial charge on any atom is -0.262 e. The topological polar surface area (TPSA) is 72.6 Å². The van der Waals surface area contributed by atoms with E-state index in [0.29, 0.717) is 12.8 Å². The second-order valence-electron chi connectivity index (χ2n) is 3.80. The van der Waals surface area contributed by atoms with Gasteiger partial charge in [-0.15, -0.1) is 4.91 Å². The van der Waals surface area contributed by atoms with Gasteiger partial charge in [0.05, 0.1) is 10.8 Å². The summed E-state index contributed by atoms with van der Waals surface area (Å²) in [5, 5.41) is 13.8. The molecule has 0 spiro atoms. The van der Waals surface area contributed by atoms with Gasteiger partial charge < -0.3 is 0 Å². The highest BCUT2D eigenvalue weighted by atomic mass is 16.6. The zero-order valence-electron chi connectivity index (χ0n) is 9.19. The maximum Gasteiger partial charge on any atom is 0.353 e. The van der Waals surface area contributed by atoms with E-state index in [0.717, 1.165) is 0 Å². The second kappa shape index (κ2) is 5.02. The Morgan fingerprint density at radius 2 is 1.79 bits per heavy atom. The quantitative estimate of drug-likeness (QED) is 0.377. The monoisotopic (exact) mass is 202 g/mol. The maximum absolute atomic E-state index is 11.0. The largest absolute Gasteiger partial charge is 0.353 e. The van der Waals surface area contributed by atoms with Gasteiger partial charge in [0.1, 0.15) is 0 Å². The van der Waals surface area contributed by atoms with Crippen molar-refractivity contribution in [2.24, 2.45) is 17.0 Å². The van der Waals surface area contributed by atoms with Crippen molar-refractivity contribution in [3.63, 3.8) is 0 Å². The van der Waals surface area contributed by atoms with Gasteiger partial charge in [-0.05, 0) is 12.8 Å². The maximum atomic E-state index is 11.0. The summed E-state index contributed by atoms with van der Waals surface area (Å²) >= 11 is 0. The van der Waals surface area contributed by atoms with Gasteiger partial charge in [0.25, 0.3) is 0 Å². The highest BCUT2D eigenvalue weighted by Crippen LogP contribution is 2.35. The number of nitrogens with zero attached hydrogens (tertiary/aromatic N) is 2. The third-order valence-corrected chi connectivity index (χ3v) is 2.87. The Morgan fingerprint density at radius 3 is 1.86 bits per heavy atom. The molecule has 5 nitrogen and oxygen atoms in total. The Bertz CT molecular complexity index is 214. The molecule has 0 aromatic rings. The fourth-order valence-electron chi connectivity index (χ4n) is 1.93. The van der Waals surface area contributed by atoms with E-state index in [9.17, 15) is 15.0 Å². The summed E-state index contributed by atoms with van der Waals surface area (Å²) in [4.78, 5) is 21.2. The summed E-state index contributed by atoms with van der Waals surface area (Å²) in [6.45, 7) is 7.03. The summed E-state index contributed by atoms with van der Waals surface area (Å²) in [7, 11) is 0. The van der Waals surface area contributed by atoms with Crippen LogP contribution < -0.4 is 0 Å². The normalized spacial score (nSPS) is 15.6. The van der Waals surface area contributed by atoms with Crippen molar-refractivity contribution < 1.29 is 4.92 Å². The lowest BCUT2D eigenvalue weighted by atomic mass is 9.81. The van der Waals surface area contributed by atoms with Crippen molar-refractivity contribution in [2.75, 3.05) is 0 Å². The van der Waals surface area contributed by atoms with Crippen LogP contribution in [0, 0.1) is 26.9 Å². The molecule has 82 valence electrons. The van der Waals surface area contributed by atoms with Gasteiger partial charge >= 0.3 is 5.66 Å². The minimum absolute atomic E-state index is 0.282. The third-order valence-electron chi connectivity index (χ3n) is 2.87. The van der Waals surface area contributed by atoms with Gasteiger partial charge in [-0.1, -0.05) is 27.7 Å². The van der Waals surface area contributed by atoms with E-state index in [1.54, 1.807) is 13.8 Å². The Labute approximate surface area is 84.0 Å². The molecule has 0 aliphatic carbocycles. The van der Waals surface area contributed by atoms with Gasteiger partial charge in [0.2, 0.25) is 0 Å². The molecule has 14 heavy (non-hydrogen) atoms. The first-order valence-corrected chi connectivity index (χ1v) is 4.96. The molecule has 0 aromatic heterocycles. The van der Waals surface area contributed by atoms with Crippen LogP contribution in [0.2, 0.25) is 0 Å². The summed E-state index contributed by atoms with van der Waals surface area (Å²) in [5.41, 5.74) is -1.65. The van der Waals surface area contributed by atoms with Crippen LogP contribution >= 0.6 is 0 Å². The molecule has 0 amide bonds. The molecule has 0 fully saturated rings. The van der Waals surface area contributed by atoms with Crippen molar-refractivity contribution in [3.8, 4) is 0 Å². The highest BCUT2D eigenvalue weighted by Gasteiger charge is 2.53. The van der Waals surface area contributed by atoms with Gasteiger partial charge in [-0.25, -0.2) is 0 Å². The Hall–Kier alpha value is -1.00. The fraction of sp³-hybridized carbons (Fsp3) is 1.00. The first kappa shape index (κ1) is 13.0. The number of nitro groups is 1. The van der Waals surface area contributed by atoms with E-state index in [1.165, 1.54) is 0 Å². The van der Waals surface area contributed by atoms with Crippen LogP contribution in [0.4, 0.5) is 0 Å². The molecule has 0 saturated carbocycles. The van der Waals surface area contributed by atoms with E-state index in [1.807, 2.05) is 13.8 Å². The molecule has 1 atom stereocenters. The lowest BCUT2D eigenvalue weighted by Crippen LogP contribution is -2.48. The van der Waals surface area contributed by atoms with Crippen LogP contribution in [-0.2, 0) is 0 Å². The molecule has 0 N–H and O–H groups in total. The molecule has 0 saturated heterocycles. The van der Waals surface area contributed by atoms with Gasteiger partial charge in [0.15, 0.2) is 0 Å². The fourth-order valence-corrected chi connectivity index (χ4v) is 1.93. The standard InChI is InChI=1S/C9H18N2O3/c1-5-8(6-2)9(10-12,7(3)4)11(13)14/h7-8H,5-6H2,1-4H3. The average molecular weight is 202 g/mol. The lowest BCUT2D eigenvalue weighted by molar-refractivity contribution is -0.589. The summed E-state index contributed by atoms with van der Waals surface area (Å²) in [6.07, 6.45) is 1.20. The van der Waals surface area contributed by atoms with Crippen LogP contribution in [0.1, 0.15) is 40.5 Å². The van der Waals surface area contributed by atoms with Crippen molar-refractivity contribution >= 4 is 0 Å². The number of hydrogen-bond donors (Lipinski definition) is 0. The van der Waals surface area contributed by atoms with Crippen molar-refractivity contribution in [1.82, 2.24) is 0 Å². The van der Waals surface area contributed by atoms with Crippen LogP contribution in [0.15, 0.2) is 5.18 Å². The highest BCUT2D eigenvalue weighted by molar-refractivity contribution is 4.86. The van der Waals surface area contributed by atoms with Crippen molar-refractivity contribution in [3.05, 3.63) is 15.0 Å². The van der Waals surface area contributed by atoms with Crippen LogP contribution in [0.3, 0.4) is 0 Å². The first-order valence-electron chi connectivity index (χ1n) is 4.96. The minimum atomic E-state index is -1.65. The van der Waals surface area contributed by atoms with Crippen LogP contribution in [0.25, 0.3) is 0 Å². The molecule has 0 heterocycles. The molecule has 0 bridgehead atoms. The Kier molecular flexibility index (Phi) is 4.67. The number of rotatable bonds is 6.